The van der Waals surface area contributed by atoms with E-state index in [4.69, 9.17) is 4.74 Å². The van der Waals surface area contributed by atoms with Gasteiger partial charge in [-0.2, -0.15) is 4.31 Å². The molecule has 0 N–H and O–H groups in total. The monoisotopic (exact) mass is 487 g/mol. The Balaban J connectivity index is 1.90. The van der Waals surface area contributed by atoms with Gasteiger partial charge in [0, 0.05) is 18.8 Å². The minimum absolute atomic E-state index is 0.0960. The molecule has 1 aromatic heterocycles. The van der Waals surface area contributed by atoms with Crippen LogP contribution in [0.15, 0.2) is 47.5 Å². The van der Waals surface area contributed by atoms with Gasteiger partial charge < -0.3 is 4.74 Å². The first-order chi connectivity index (χ1) is 15.9. The maximum atomic E-state index is 13.4. The Morgan fingerprint density at radius 2 is 1.85 bits per heavy atom. The van der Waals surface area contributed by atoms with Crippen molar-refractivity contribution in [1.29, 1.82) is 0 Å². The average Bonchev–Trinajstić information content (AvgIpc) is 2.78. The van der Waals surface area contributed by atoms with Crippen LogP contribution in [0.3, 0.4) is 0 Å². The standard InChI is InChI=1S/C26H37N3O4S/c1-7-20(3)29(25(30)33-26(4,5)6)24-16-13-21(18-27-24)23-10-8-9-17-28(23)34(31,32)22-14-11-19(2)12-15-22/h11-16,18,20,23H,7-10,17H2,1-6H3/t20-,23-/m0/s1. The predicted octanol–water partition coefficient (Wildman–Crippen LogP) is 5.85. The SMILES string of the molecule is CC[C@H](C)N(C(=O)OC(C)(C)C)c1ccc([C@@H]2CCCCN2S(=O)(=O)c2ccc(C)cc2)cn1. The molecule has 34 heavy (non-hydrogen) atoms. The van der Waals surface area contributed by atoms with E-state index < -0.39 is 21.7 Å². The molecule has 3 rings (SSSR count). The van der Waals surface area contributed by atoms with Gasteiger partial charge in [-0.15, -0.1) is 0 Å². The predicted molar refractivity (Wildman–Crippen MR) is 134 cm³/mol. The molecule has 1 aliphatic rings. The third-order valence-electron chi connectivity index (χ3n) is 6.11. The number of aromatic nitrogens is 1. The minimum atomic E-state index is -3.63. The highest BCUT2D eigenvalue weighted by molar-refractivity contribution is 7.89. The molecule has 2 aromatic rings. The van der Waals surface area contributed by atoms with Crippen LogP contribution < -0.4 is 4.90 Å². The Morgan fingerprint density at radius 3 is 2.41 bits per heavy atom. The van der Waals surface area contributed by atoms with E-state index in [1.807, 2.05) is 59.7 Å². The molecule has 2 heterocycles. The summed E-state index contributed by atoms with van der Waals surface area (Å²) >= 11 is 0. The number of piperidine rings is 1. The summed E-state index contributed by atoms with van der Waals surface area (Å²) in [5.41, 5.74) is 1.23. The summed E-state index contributed by atoms with van der Waals surface area (Å²) in [6.07, 6.45) is 4.50. The lowest BCUT2D eigenvalue weighted by Gasteiger charge is -2.35. The van der Waals surface area contributed by atoms with Crippen LogP contribution in [0, 0.1) is 6.92 Å². The summed E-state index contributed by atoms with van der Waals surface area (Å²) < 4.78 is 34.1. The molecular weight excluding hydrogens is 450 g/mol. The van der Waals surface area contributed by atoms with Crippen molar-refractivity contribution in [2.45, 2.75) is 89.8 Å². The summed E-state index contributed by atoms with van der Waals surface area (Å²) in [6, 6.07) is 10.3. The van der Waals surface area contributed by atoms with Crippen molar-refractivity contribution < 1.29 is 17.9 Å². The Hall–Kier alpha value is -2.45. The van der Waals surface area contributed by atoms with Gasteiger partial charge in [0.1, 0.15) is 11.4 Å². The van der Waals surface area contributed by atoms with Gasteiger partial charge in [0.05, 0.1) is 10.9 Å². The number of pyridine rings is 1. The van der Waals surface area contributed by atoms with Gasteiger partial charge in [-0.3, -0.25) is 4.90 Å². The van der Waals surface area contributed by atoms with E-state index in [-0.39, 0.29) is 12.1 Å². The second-order valence-corrected chi connectivity index (χ2v) is 11.9. The quantitative estimate of drug-likeness (QED) is 0.511. The highest BCUT2D eigenvalue weighted by Crippen LogP contribution is 2.36. The summed E-state index contributed by atoms with van der Waals surface area (Å²) in [6.45, 7) is 11.9. The fraction of sp³-hybridized carbons (Fsp3) is 0.538. The number of amides is 1. The van der Waals surface area contributed by atoms with Crippen molar-refractivity contribution in [3.05, 3.63) is 53.7 Å². The van der Waals surface area contributed by atoms with Crippen molar-refractivity contribution in [1.82, 2.24) is 9.29 Å². The van der Waals surface area contributed by atoms with Crippen LogP contribution in [0.2, 0.25) is 0 Å². The first kappa shape index (κ1) is 26.2. The molecule has 1 fully saturated rings. The number of carbonyl (C=O) groups is 1. The molecule has 1 saturated heterocycles. The molecule has 1 aliphatic heterocycles. The van der Waals surface area contributed by atoms with Crippen LogP contribution in [-0.2, 0) is 14.8 Å². The Bertz CT molecular complexity index is 1080. The Kier molecular flexibility index (Phi) is 8.03. The Labute approximate surface area is 204 Å². The third kappa shape index (κ3) is 5.96. The number of benzene rings is 1. The summed E-state index contributed by atoms with van der Waals surface area (Å²) in [7, 11) is -3.63. The summed E-state index contributed by atoms with van der Waals surface area (Å²) in [4.78, 5) is 19.3. The van der Waals surface area contributed by atoms with Gasteiger partial charge in [-0.25, -0.2) is 18.2 Å². The molecule has 1 aromatic carbocycles. The number of anilines is 1. The molecule has 7 nitrogen and oxygen atoms in total. The van der Waals surface area contributed by atoms with E-state index in [2.05, 4.69) is 4.98 Å². The molecule has 0 aliphatic carbocycles. The number of nitrogens with zero attached hydrogens (tertiary/aromatic N) is 3. The maximum Gasteiger partial charge on any atom is 0.416 e. The molecule has 0 spiro atoms. The van der Waals surface area contributed by atoms with Gasteiger partial charge in [-0.1, -0.05) is 37.1 Å². The van der Waals surface area contributed by atoms with Gasteiger partial charge in [0.15, 0.2) is 0 Å². The molecule has 1 amide bonds. The van der Waals surface area contributed by atoms with Gasteiger partial charge >= 0.3 is 6.09 Å². The van der Waals surface area contributed by atoms with E-state index in [1.165, 1.54) is 0 Å². The van der Waals surface area contributed by atoms with E-state index in [0.29, 0.717) is 17.3 Å². The van der Waals surface area contributed by atoms with Crippen molar-refractivity contribution in [3.63, 3.8) is 0 Å². The number of hydrogen-bond donors (Lipinski definition) is 0. The van der Waals surface area contributed by atoms with Crippen LogP contribution in [0.1, 0.15) is 77.5 Å². The van der Waals surface area contributed by atoms with Crippen LogP contribution in [-0.4, -0.2) is 42.0 Å². The normalized spacial score (nSPS) is 18.4. The van der Waals surface area contributed by atoms with Crippen LogP contribution in [0.4, 0.5) is 10.6 Å². The van der Waals surface area contributed by atoms with E-state index >= 15 is 0 Å². The number of carbonyl (C=O) groups excluding carboxylic acids is 1. The second kappa shape index (κ2) is 10.4. The lowest BCUT2D eigenvalue weighted by molar-refractivity contribution is 0.0566. The van der Waals surface area contributed by atoms with Crippen LogP contribution in [0.5, 0.6) is 0 Å². The number of sulfonamides is 1. The number of ether oxygens (including phenoxy) is 1. The maximum absolute atomic E-state index is 13.4. The van der Waals surface area contributed by atoms with Gasteiger partial charge in [0.2, 0.25) is 10.0 Å². The van der Waals surface area contributed by atoms with Crippen molar-refractivity contribution >= 4 is 21.9 Å². The minimum Gasteiger partial charge on any atom is -0.443 e. The first-order valence-electron chi connectivity index (χ1n) is 12.0. The summed E-state index contributed by atoms with van der Waals surface area (Å²) in [5, 5.41) is 0. The summed E-state index contributed by atoms with van der Waals surface area (Å²) in [5.74, 6) is 0.496. The molecule has 0 bridgehead atoms. The lowest BCUT2D eigenvalue weighted by Crippen LogP contribution is -2.42. The zero-order valence-electron chi connectivity index (χ0n) is 21.1. The molecule has 0 unspecified atom stereocenters. The van der Waals surface area contributed by atoms with Crippen molar-refractivity contribution in [2.75, 3.05) is 11.4 Å². The largest absolute Gasteiger partial charge is 0.443 e. The number of aryl methyl sites for hydroxylation is 1. The third-order valence-corrected chi connectivity index (χ3v) is 8.03. The molecule has 2 atom stereocenters. The molecule has 0 radical (unpaired) electrons. The fourth-order valence-corrected chi connectivity index (χ4v) is 5.78. The molecular formula is C26H37N3O4S. The van der Waals surface area contributed by atoms with E-state index in [0.717, 1.165) is 36.8 Å². The zero-order valence-corrected chi connectivity index (χ0v) is 21.9. The lowest BCUT2D eigenvalue weighted by atomic mass is 9.99. The van der Waals surface area contributed by atoms with E-state index in [9.17, 15) is 13.2 Å². The second-order valence-electron chi connectivity index (χ2n) is 10.00. The fourth-order valence-electron chi connectivity index (χ4n) is 4.10. The zero-order chi connectivity index (χ0) is 25.1. The smallest absolute Gasteiger partial charge is 0.416 e. The van der Waals surface area contributed by atoms with Crippen LogP contribution in [0.25, 0.3) is 0 Å². The molecule has 0 saturated carbocycles. The number of hydrogen-bond acceptors (Lipinski definition) is 5. The van der Waals surface area contributed by atoms with Crippen molar-refractivity contribution in [3.8, 4) is 0 Å². The van der Waals surface area contributed by atoms with E-state index in [1.54, 1.807) is 33.6 Å². The average molecular weight is 488 g/mol. The Morgan fingerprint density at radius 1 is 1.18 bits per heavy atom. The van der Waals surface area contributed by atoms with Gasteiger partial charge in [0.25, 0.3) is 0 Å². The highest BCUT2D eigenvalue weighted by Gasteiger charge is 2.35. The molecule has 186 valence electrons. The molecule has 8 heteroatoms. The van der Waals surface area contributed by atoms with Crippen LogP contribution >= 0.6 is 0 Å². The van der Waals surface area contributed by atoms with Gasteiger partial charge in [-0.05, 0) is 77.6 Å². The van der Waals surface area contributed by atoms with Crippen molar-refractivity contribution in [2.24, 2.45) is 0 Å². The number of rotatable bonds is 6. The topological polar surface area (TPSA) is 79.8 Å². The highest BCUT2D eigenvalue weighted by atomic mass is 32.2. The first-order valence-corrected chi connectivity index (χ1v) is 13.4.